The topological polar surface area (TPSA) is 34.1 Å². The molecular formula is C7H9Cl5O2. The van der Waals surface area contributed by atoms with Gasteiger partial charge in [-0.1, -0.05) is 46.4 Å². The minimum atomic E-state index is -1.61. The van der Waals surface area contributed by atoms with Crippen molar-refractivity contribution in [2.45, 2.75) is 28.9 Å². The van der Waals surface area contributed by atoms with Gasteiger partial charge in [-0.25, -0.2) is 0 Å². The van der Waals surface area contributed by atoms with Gasteiger partial charge in [-0.2, -0.15) is 0 Å². The molecule has 0 unspecified atom stereocenters. The predicted octanol–water partition coefficient (Wildman–Crippen LogP) is 4.06. The molecule has 0 aliphatic rings. The van der Waals surface area contributed by atoms with Crippen molar-refractivity contribution in [3.63, 3.8) is 0 Å². The number of halogens is 5. The zero-order chi connectivity index (χ0) is 11.6. The van der Waals surface area contributed by atoms with Crippen LogP contribution in [0, 0.1) is 0 Å². The molecule has 0 atom stereocenters. The van der Waals surface area contributed by atoms with E-state index in [9.17, 15) is 9.59 Å². The van der Waals surface area contributed by atoms with Gasteiger partial charge in [-0.05, 0) is 24.4 Å². The van der Waals surface area contributed by atoms with Gasteiger partial charge in [0.05, 0.1) is 0 Å². The molecule has 0 amide bonds. The molecule has 2 nitrogen and oxygen atoms in total. The zero-order valence-electron chi connectivity index (χ0n) is 7.11. The van der Waals surface area contributed by atoms with Crippen molar-refractivity contribution in [2.75, 3.05) is 0 Å². The van der Waals surface area contributed by atoms with Crippen LogP contribution in [0.4, 0.5) is 0 Å². The van der Waals surface area contributed by atoms with Crippen LogP contribution in [0.3, 0.4) is 0 Å². The summed E-state index contributed by atoms with van der Waals surface area (Å²) < 4.78 is -1.61. The first-order chi connectivity index (χ1) is 6.27. The van der Waals surface area contributed by atoms with E-state index in [0.717, 1.165) is 19.1 Å². The highest BCUT2D eigenvalue weighted by atomic mass is 35.6. The summed E-state index contributed by atoms with van der Waals surface area (Å²) in [7, 11) is 0. The highest BCUT2D eigenvalue weighted by molar-refractivity contribution is 6.83. The van der Waals surface area contributed by atoms with Crippen molar-refractivity contribution in [2.24, 2.45) is 0 Å². The van der Waals surface area contributed by atoms with Crippen LogP contribution in [0.15, 0.2) is 0 Å². The van der Waals surface area contributed by atoms with Crippen LogP contribution in [0.5, 0.6) is 0 Å². The summed E-state index contributed by atoms with van der Waals surface area (Å²) in [5, 5.41) is -0.319. The van der Waals surface area contributed by atoms with Crippen molar-refractivity contribution in [1.82, 2.24) is 0 Å². The van der Waals surface area contributed by atoms with Crippen molar-refractivity contribution in [1.29, 1.82) is 0 Å². The number of unbranched alkanes of at least 4 members (excludes halogenated alkanes) is 2. The quantitative estimate of drug-likeness (QED) is 0.332. The van der Waals surface area contributed by atoms with Gasteiger partial charge >= 0.3 is 0 Å². The molecule has 0 saturated carbocycles. The molecular weight excluding hydrogens is 293 g/mol. The molecule has 0 saturated heterocycles. The molecule has 7 heteroatoms. The van der Waals surface area contributed by atoms with E-state index in [0.29, 0.717) is 12.8 Å². The molecule has 0 aromatic carbocycles. The first kappa shape index (κ1) is 17.2. The highest BCUT2D eigenvalue weighted by Crippen LogP contribution is 2.29. The monoisotopic (exact) mass is 300 g/mol. The number of aldehydes is 1. The summed E-state index contributed by atoms with van der Waals surface area (Å²) in [5.74, 6) is 0. The molecule has 0 aliphatic carbocycles. The Bertz CT molecular complexity index is 160. The van der Waals surface area contributed by atoms with Crippen LogP contribution in [0.25, 0.3) is 0 Å². The highest BCUT2D eigenvalue weighted by Gasteiger charge is 2.11. The summed E-state index contributed by atoms with van der Waals surface area (Å²) in [4.78, 5) is 19.8. The summed E-state index contributed by atoms with van der Waals surface area (Å²) in [5.41, 5.74) is 0. The molecule has 14 heavy (non-hydrogen) atoms. The lowest BCUT2D eigenvalue weighted by Crippen LogP contribution is -1.85. The fourth-order valence-electron chi connectivity index (χ4n) is 0.492. The molecule has 0 rings (SSSR count). The summed E-state index contributed by atoms with van der Waals surface area (Å²) in [6, 6.07) is 0. The molecule has 0 fully saturated rings. The third-order valence-corrected chi connectivity index (χ3v) is 1.13. The lowest BCUT2D eigenvalue weighted by atomic mass is 10.2. The number of carbonyl (C=O) groups is 2. The van der Waals surface area contributed by atoms with Crippen molar-refractivity contribution in [3.05, 3.63) is 0 Å². The van der Waals surface area contributed by atoms with Gasteiger partial charge < -0.3 is 4.79 Å². The molecule has 0 N–H and O–H groups in total. The number of alkyl halides is 4. The average Bonchev–Trinajstić information content (AvgIpc) is 1.94. The first-order valence-corrected chi connectivity index (χ1v) is 5.54. The molecule has 0 aromatic rings. The molecule has 0 bridgehead atoms. The molecule has 0 spiro atoms. The Labute approximate surface area is 108 Å². The molecule has 0 heterocycles. The maximum atomic E-state index is 10.1. The first-order valence-electron chi connectivity index (χ1n) is 3.65. The molecule has 0 aliphatic heterocycles. The lowest BCUT2D eigenvalue weighted by Gasteiger charge is -1.91. The summed E-state index contributed by atoms with van der Waals surface area (Å²) in [6.45, 7) is 0. The third kappa shape index (κ3) is 38.6. The van der Waals surface area contributed by atoms with E-state index in [1.165, 1.54) is 0 Å². The second kappa shape index (κ2) is 10.3. The van der Waals surface area contributed by atoms with Gasteiger partial charge in [0.1, 0.15) is 6.29 Å². The molecule has 0 aromatic heterocycles. The Morgan fingerprint density at radius 2 is 1.57 bits per heavy atom. The second-order valence-electron chi connectivity index (χ2n) is 2.20. The number of carbonyl (C=O) groups excluding carboxylic acids is 2. The van der Waals surface area contributed by atoms with E-state index >= 15 is 0 Å². The van der Waals surface area contributed by atoms with Gasteiger partial charge in [0.2, 0.25) is 5.24 Å². The fourth-order valence-corrected chi connectivity index (χ4v) is 0.625. The van der Waals surface area contributed by atoms with Crippen molar-refractivity contribution in [3.8, 4) is 0 Å². The van der Waals surface area contributed by atoms with Gasteiger partial charge in [0.15, 0.2) is 0 Å². The van der Waals surface area contributed by atoms with E-state index in [-0.39, 0.29) is 5.24 Å². The predicted molar refractivity (Wildman–Crippen MR) is 61.5 cm³/mol. The average molecular weight is 302 g/mol. The summed E-state index contributed by atoms with van der Waals surface area (Å²) >= 11 is 24.3. The number of hydrogen-bond acceptors (Lipinski definition) is 2. The number of hydrogen-bond donors (Lipinski definition) is 0. The van der Waals surface area contributed by atoms with Crippen LogP contribution in [-0.4, -0.2) is 14.8 Å². The SMILES string of the molecule is ClC(Cl)(Cl)Cl.O=CCCCCC(=O)Cl. The Hall–Kier alpha value is 0.790. The van der Waals surface area contributed by atoms with Crippen LogP contribution >= 0.6 is 58.0 Å². The van der Waals surface area contributed by atoms with Crippen molar-refractivity contribution < 1.29 is 9.59 Å². The van der Waals surface area contributed by atoms with Gasteiger partial charge in [0, 0.05) is 12.8 Å². The maximum absolute atomic E-state index is 10.1. The maximum Gasteiger partial charge on any atom is 0.266 e. The van der Waals surface area contributed by atoms with Crippen LogP contribution < -0.4 is 0 Å². The lowest BCUT2D eigenvalue weighted by molar-refractivity contribution is -0.112. The molecule has 84 valence electrons. The standard InChI is InChI=1S/C6H9ClO2.CCl4/c7-6(9)4-2-1-3-5-8;2-1(3,4)5/h5H,1-4H2;. The minimum absolute atomic E-state index is 0.319. The van der Waals surface area contributed by atoms with Gasteiger partial charge in [0.25, 0.3) is 3.25 Å². The van der Waals surface area contributed by atoms with Gasteiger partial charge in [-0.3, -0.25) is 4.79 Å². The van der Waals surface area contributed by atoms with E-state index in [1.807, 2.05) is 0 Å². The Kier molecular flexibility index (Phi) is 12.7. The normalized spacial score (nSPS) is 10.1. The van der Waals surface area contributed by atoms with E-state index in [1.54, 1.807) is 0 Å². The van der Waals surface area contributed by atoms with E-state index in [4.69, 9.17) is 58.0 Å². The van der Waals surface area contributed by atoms with Crippen LogP contribution in [-0.2, 0) is 9.59 Å². The van der Waals surface area contributed by atoms with Crippen LogP contribution in [0.1, 0.15) is 25.7 Å². The zero-order valence-corrected chi connectivity index (χ0v) is 10.9. The van der Waals surface area contributed by atoms with Crippen LogP contribution in [0.2, 0.25) is 0 Å². The Morgan fingerprint density at radius 1 is 1.14 bits per heavy atom. The minimum Gasteiger partial charge on any atom is -0.303 e. The van der Waals surface area contributed by atoms with Crippen molar-refractivity contribution >= 4 is 69.5 Å². The third-order valence-electron chi connectivity index (χ3n) is 0.945. The summed E-state index contributed by atoms with van der Waals surface area (Å²) in [6.07, 6.45) is 3.25. The smallest absolute Gasteiger partial charge is 0.266 e. The van der Waals surface area contributed by atoms with E-state index < -0.39 is 3.25 Å². The Morgan fingerprint density at radius 3 is 1.86 bits per heavy atom. The molecule has 0 radical (unpaired) electrons. The Balaban J connectivity index is 0. The largest absolute Gasteiger partial charge is 0.303 e. The van der Waals surface area contributed by atoms with Gasteiger partial charge in [-0.15, -0.1) is 0 Å². The number of rotatable bonds is 5. The van der Waals surface area contributed by atoms with E-state index in [2.05, 4.69) is 0 Å². The fraction of sp³-hybridized carbons (Fsp3) is 0.714. The second-order valence-corrected chi connectivity index (χ2v) is 6.05.